The smallest absolute Gasteiger partial charge is 0.139 e. The molecule has 0 amide bonds. The van der Waals surface area contributed by atoms with Crippen LogP contribution in [0.5, 0.6) is 0 Å². The number of rotatable bonds is 3. The van der Waals surface area contributed by atoms with Gasteiger partial charge in [0.05, 0.1) is 16.8 Å². The van der Waals surface area contributed by atoms with Crippen molar-refractivity contribution in [2.24, 2.45) is 0 Å². The van der Waals surface area contributed by atoms with Crippen molar-refractivity contribution in [3.05, 3.63) is 161 Å². The third-order valence-electron chi connectivity index (χ3n) is 13.7. The standard InChI is InChI=1S/C56H51NO2/c1-53(2,3)32-27-38-37-30-39-43(31-49(37)59-52(38)44(28-32)54(4,5)6)56(9,10)41-20-15-21-45(50(39)41)57(46-22-16-24-48-51(46)36-18-12-14-23-47(36)58-48)33-25-26-35-34-17-11-13-19-40(34)55(7,8)42(35)29-33/h11-31H,1-10H3. The van der Waals surface area contributed by atoms with Gasteiger partial charge in [-0.05, 0) is 110 Å². The summed E-state index contributed by atoms with van der Waals surface area (Å²) < 4.78 is 13.5. The van der Waals surface area contributed by atoms with E-state index in [-0.39, 0.29) is 21.7 Å². The molecule has 0 unspecified atom stereocenters. The van der Waals surface area contributed by atoms with E-state index in [0.717, 1.165) is 50.2 Å². The van der Waals surface area contributed by atoms with E-state index < -0.39 is 0 Å². The minimum absolute atomic E-state index is 0.0131. The molecular weight excluding hydrogens is 719 g/mol. The first-order chi connectivity index (χ1) is 28.0. The lowest BCUT2D eigenvalue weighted by Crippen LogP contribution is -2.17. The summed E-state index contributed by atoms with van der Waals surface area (Å²) in [6.07, 6.45) is 0. The molecule has 0 fully saturated rings. The molecule has 0 bridgehead atoms. The fourth-order valence-corrected chi connectivity index (χ4v) is 10.5. The fraction of sp³-hybridized carbons (Fsp3) is 0.250. The van der Waals surface area contributed by atoms with Gasteiger partial charge >= 0.3 is 0 Å². The van der Waals surface area contributed by atoms with Crippen LogP contribution in [0.4, 0.5) is 17.1 Å². The summed E-state index contributed by atoms with van der Waals surface area (Å²) in [4.78, 5) is 2.51. The quantitative estimate of drug-likeness (QED) is 0.179. The summed E-state index contributed by atoms with van der Waals surface area (Å²) in [6, 6.07) is 47.5. The van der Waals surface area contributed by atoms with Gasteiger partial charge in [-0.2, -0.15) is 0 Å². The Morgan fingerprint density at radius 2 is 1.12 bits per heavy atom. The first kappa shape index (κ1) is 36.1. The van der Waals surface area contributed by atoms with E-state index in [0.29, 0.717) is 0 Å². The third-order valence-corrected chi connectivity index (χ3v) is 13.7. The molecular formula is C56H51NO2. The zero-order valence-electron chi connectivity index (χ0n) is 35.9. The molecule has 0 N–H and O–H groups in total. The highest BCUT2D eigenvalue weighted by Crippen LogP contribution is 2.58. The lowest BCUT2D eigenvalue weighted by molar-refractivity contribution is 0.559. The number of hydrogen-bond acceptors (Lipinski definition) is 3. The van der Waals surface area contributed by atoms with Gasteiger partial charge in [0.25, 0.3) is 0 Å². The van der Waals surface area contributed by atoms with Gasteiger partial charge in [-0.1, -0.05) is 142 Å². The molecule has 2 aliphatic rings. The number of anilines is 3. The normalized spacial score (nSPS) is 15.2. The topological polar surface area (TPSA) is 29.5 Å². The Morgan fingerprint density at radius 1 is 0.458 bits per heavy atom. The highest BCUT2D eigenvalue weighted by molar-refractivity contribution is 6.15. The van der Waals surface area contributed by atoms with Crippen molar-refractivity contribution in [2.45, 2.75) is 90.9 Å². The van der Waals surface area contributed by atoms with Crippen LogP contribution in [0, 0.1) is 0 Å². The van der Waals surface area contributed by atoms with Crippen molar-refractivity contribution in [1.82, 2.24) is 0 Å². The number of nitrogens with zero attached hydrogens (tertiary/aromatic N) is 1. The van der Waals surface area contributed by atoms with Gasteiger partial charge in [-0.15, -0.1) is 0 Å². The Bertz CT molecular complexity index is 3240. The average molecular weight is 770 g/mol. The van der Waals surface area contributed by atoms with Crippen LogP contribution in [0.2, 0.25) is 0 Å². The summed E-state index contributed by atoms with van der Waals surface area (Å²) in [5.41, 5.74) is 19.6. The first-order valence-electron chi connectivity index (χ1n) is 21.2. The number of furan rings is 2. The molecule has 292 valence electrons. The Labute approximate surface area is 347 Å². The molecule has 3 nitrogen and oxygen atoms in total. The molecule has 2 aromatic heterocycles. The second kappa shape index (κ2) is 11.8. The third kappa shape index (κ3) is 5.00. The number of hydrogen-bond donors (Lipinski definition) is 0. The van der Waals surface area contributed by atoms with Gasteiger partial charge in [0.1, 0.15) is 22.3 Å². The van der Waals surface area contributed by atoms with E-state index in [1.165, 1.54) is 66.4 Å². The fourth-order valence-electron chi connectivity index (χ4n) is 10.5. The second-order valence-corrected chi connectivity index (χ2v) is 20.2. The number of fused-ring (bicyclic) bond motifs is 12. The number of para-hydroxylation sites is 1. The van der Waals surface area contributed by atoms with Crippen molar-refractivity contribution in [3.63, 3.8) is 0 Å². The molecule has 7 aromatic carbocycles. The maximum Gasteiger partial charge on any atom is 0.139 e. The van der Waals surface area contributed by atoms with Gasteiger partial charge in [-0.3, -0.25) is 0 Å². The van der Waals surface area contributed by atoms with E-state index in [9.17, 15) is 0 Å². The predicted octanol–water partition coefficient (Wildman–Crippen LogP) is 16.2. The van der Waals surface area contributed by atoms with E-state index in [1.807, 2.05) is 0 Å². The summed E-state index contributed by atoms with van der Waals surface area (Å²) >= 11 is 0. The largest absolute Gasteiger partial charge is 0.456 e. The van der Waals surface area contributed by atoms with Crippen LogP contribution < -0.4 is 4.90 Å². The van der Waals surface area contributed by atoms with Gasteiger partial charge < -0.3 is 13.7 Å². The highest BCUT2D eigenvalue weighted by Gasteiger charge is 2.41. The van der Waals surface area contributed by atoms with Crippen molar-refractivity contribution in [1.29, 1.82) is 0 Å². The van der Waals surface area contributed by atoms with Gasteiger partial charge in [0, 0.05) is 43.8 Å². The van der Waals surface area contributed by atoms with Gasteiger partial charge in [0.2, 0.25) is 0 Å². The molecule has 0 aliphatic heterocycles. The van der Waals surface area contributed by atoms with E-state index in [1.54, 1.807) is 0 Å². The molecule has 2 heterocycles. The minimum atomic E-state index is -0.265. The van der Waals surface area contributed by atoms with Crippen LogP contribution in [-0.2, 0) is 21.7 Å². The van der Waals surface area contributed by atoms with E-state index in [2.05, 4.69) is 202 Å². The highest BCUT2D eigenvalue weighted by atomic mass is 16.3. The molecule has 11 rings (SSSR count). The zero-order valence-corrected chi connectivity index (χ0v) is 35.9. The Kier molecular flexibility index (Phi) is 7.20. The zero-order chi connectivity index (χ0) is 41.0. The predicted molar refractivity (Wildman–Crippen MR) is 248 cm³/mol. The molecule has 59 heavy (non-hydrogen) atoms. The van der Waals surface area contributed by atoms with E-state index in [4.69, 9.17) is 8.83 Å². The van der Waals surface area contributed by atoms with E-state index >= 15 is 0 Å². The monoisotopic (exact) mass is 769 g/mol. The Balaban J connectivity index is 1.22. The van der Waals surface area contributed by atoms with Crippen LogP contribution in [0.15, 0.2) is 136 Å². The average Bonchev–Trinajstić information content (AvgIpc) is 3.89. The van der Waals surface area contributed by atoms with Gasteiger partial charge in [-0.25, -0.2) is 0 Å². The molecule has 0 saturated heterocycles. The summed E-state index contributed by atoms with van der Waals surface area (Å²) in [5, 5.41) is 4.58. The SMILES string of the molecule is CC(C)(C)c1cc(C(C)(C)C)c2oc3cc4c(cc3c2c1)-c1c(N(c2ccc3c(c2)C(C)(C)c2ccccc2-3)c2cccc3oc5ccccc5c23)cccc1C4(C)C. The van der Waals surface area contributed by atoms with Gasteiger partial charge in [0.15, 0.2) is 0 Å². The summed E-state index contributed by atoms with van der Waals surface area (Å²) in [6.45, 7) is 23.3. The molecule has 2 aliphatic carbocycles. The Hall–Kier alpha value is -6.06. The molecule has 0 spiro atoms. The minimum Gasteiger partial charge on any atom is -0.456 e. The molecule has 3 heteroatoms. The summed E-state index contributed by atoms with van der Waals surface area (Å²) in [5.74, 6) is 0. The molecule has 0 saturated carbocycles. The van der Waals surface area contributed by atoms with Crippen LogP contribution in [0.3, 0.4) is 0 Å². The van der Waals surface area contributed by atoms with Crippen molar-refractivity contribution >= 4 is 60.9 Å². The van der Waals surface area contributed by atoms with Crippen LogP contribution in [0.25, 0.3) is 66.1 Å². The second-order valence-electron chi connectivity index (χ2n) is 20.2. The summed E-state index contributed by atoms with van der Waals surface area (Å²) in [7, 11) is 0. The van der Waals surface area contributed by atoms with Crippen molar-refractivity contribution < 1.29 is 8.83 Å². The molecule has 0 radical (unpaired) electrons. The first-order valence-corrected chi connectivity index (χ1v) is 21.2. The lowest BCUT2D eigenvalue weighted by Gasteiger charge is -2.31. The van der Waals surface area contributed by atoms with Crippen molar-refractivity contribution in [2.75, 3.05) is 4.90 Å². The molecule has 0 atom stereocenters. The Morgan fingerprint density at radius 3 is 1.92 bits per heavy atom. The van der Waals surface area contributed by atoms with Crippen LogP contribution >= 0.6 is 0 Å². The van der Waals surface area contributed by atoms with Crippen LogP contribution in [-0.4, -0.2) is 0 Å². The lowest BCUT2D eigenvalue weighted by atomic mass is 9.79. The molecule has 9 aromatic rings. The number of benzene rings is 7. The maximum absolute atomic E-state index is 6.96. The van der Waals surface area contributed by atoms with Crippen LogP contribution in [0.1, 0.15) is 103 Å². The maximum atomic E-state index is 6.96. The van der Waals surface area contributed by atoms with Crippen molar-refractivity contribution in [3.8, 4) is 22.3 Å².